The van der Waals surface area contributed by atoms with Crippen LogP contribution in [0, 0.1) is 0 Å². The maximum absolute atomic E-state index is 11.5. The lowest BCUT2D eigenvalue weighted by molar-refractivity contribution is 0.130. The number of rotatable bonds is 4. The molecule has 0 unspecified atom stereocenters. The normalized spacial score (nSPS) is 22.4. The molecule has 1 aromatic carbocycles. The quantitative estimate of drug-likeness (QED) is 0.864. The van der Waals surface area contributed by atoms with E-state index in [-0.39, 0.29) is 12.6 Å². The molecule has 1 amide bonds. The van der Waals surface area contributed by atoms with Crippen molar-refractivity contribution in [2.45, 2.75) is 30.7 Å². The monoisotopic (exact) mass is 303 g/mol. The fourth-order valence-corrected chi connectivity index (χ4v) is 3.21. The van der Waals surface area contributed by atoms with Gasteiger partial charge in [0, 0.05) is 16.7 Å². The van der Waals surface area contributed by atoms with E-state index in [2.05, 4.69) is 5.32 Å². The van der Waals surface area contributed by atoms with Gasteiger partial charge in [-0.3, -0.25) is 0 Å². The lowest BCUT2D eigenvalue weighted by Crippen LogP contribution is -2.48. The molecule has 0 aromatic heterocycles. The van der Waals surface area contributed by atoms with Crippen LogP contribution in [0.1, 0.15) is 18.4 Å². The molecular formula is C12H14ClNO4S. The number of alkyl carbamates (subject to hydrolysis) is 1. The van der Waals surface area contributed by atoms with Gasteiger partial charge in [-0.2, -0.15) is 0 Å². The van der Waals surface area contributed by atoms with Crippen molar-refractivity contribution in [3.8, 4) is 0 Å². The Morgan fingerprint density at radius 3 is 2.53 bits per heavy atom. The molecule has 19 heavy (non-hydrogen) atoms. The molecular weight excluding hydrogens is 290 g/mol. The number of amides is 1. The van der Waals surface area contributed by atoms with Crippen LogP contribution < -0.4 is 5.32 Å². The molecule has 5 nitrogen and oxygen atoms in total. The molecule has 0 atom stereocenters. The van der Waals surface area contributed by atoms with E-state index in [1.54, 1.807) is 0 Å². The van der Waals surface area contributed by atoms with Crippen molar-refractivity contribution in [3.63, 3.8) is 0 Å². The average molecular weight is 304 g/mol. The van der Waals surface area contributed by atoms with Gasteiger partial charge in [-0.05, 0) is 18.4 Å². The van der Waals surface area contributed by atoms with Gasteiger partial charge >= 0.3 is 6.09 Å². The summed E-state index contributed by atoms with van der Waals surface area (Å²) in [5.41, 5.74) is 0.896. The molecule has 0 radical (unpaired) electrons. The minimum absolute atomic E-state index is 0.179. The van der Waals surface area contributed by atoms with Crippen molar-refractivity contribution in [1.82, 2.24) is 5.32 Å². The fraction of sp³-hybridized carbons (Fsp3) is 0.417. The largest absolute Gasteiger partial charge is 0.445 e. The van der Waals surface area contributed by atoms with Gasteiger partial charge in [0.1, 0.15) is 6.61 Å². The number of carbonyl (C=O) groups excluding carboxylic acids is 1. The van der Waals surface area contributed by atoms with Crippen LogP contribution >= 0.6 is 10.7 Å². The van der Waals surface area contributed by atoms with Crippen LogP contribution in [0.5, 0.6) is 0 Å². The van der Waals surface area contributed by atoms with Gasteiger partial charge in [0.15, 0.2) is 0 Å². The van der Waals surface area contributed by atoms with E-state index in [0.717, 1.165) is 5.56 Å². The zero-order valence-corrected chi connectivity index (χ0v) is 11.7. The van der Waals surface area contributed by atoms with E-state index in [9.17, 15) is 13.2 Å². The van der Waals surface area contributed by atoms with E-state index < -0.39 is 20.4 Å². The highest BCUT2D eigenvalue weighted by molar-refractivity contribution is 8.14. The summed E-state index contributed by atoms with van der Waals surface area (Å²) in [6.45, 7) is 0.191. The topological polar surface area (TPSA) is 72.5 Å². The number of hydrogen-bond acceptors (Lipinski definition) is 4. The van der Waals surface area contributed by atoms with Crippen molar-refractivity contribution < 1.29 is 17.9 Å². The van der Waals surface area contributed by atoms with E-state index in [1.807, 2.05) is 30.3 Å². The van der Waals surface area contributed by atoms with Gasteiger partial charge in [0.25, 0.3) is 0 Å². The summed E-state index contributed by atoms with van der Waals surface area (Å²) in [6, 6.07) is 9.13. The number of carbonyl (C=O) groups is 1. The predicted molar refractivity (Wildman–Crippen MR) is 71.3 cm³/mol. The standard InChI is InChI=1S/C12H14ClNO4S/c13-19(16,17)11-6-10(7-11)14-12(15)18-8-9-4-2-1-3-5-9/h1-5,10-11H,6-8H2,(H,14,15). The summed E-state index contributed by atoms with van der Waals surface area (Å²) in [7, 11) is 1.70. The third-order valence-corrected chi connectivity index (χ3v) is 4.96. The van der Waals surface area contributed by atoms with Crippen LogP contribution in [0.4, 0.5) is 4.79 Å². The molecule has 0 bridgehead atoms. The van der Waals surface area contributed by atoms with Gasteiger partial charge in [0.05, 0.1) is 5.25 Å². The first kappa shape index (κ1) is 14.1. The van der Waals surface area contributed by atoms with Crippen LogP contribution in [0.15, 0.2) is 30.3 Å². The minimum Gasteiger partial charge on any atom is -0.445 e. The molecule has 0 spiro atoms. The van der Waals surface area contributed by atoms with Crippen molar-refractivity contribution in [2.24, 2.45) is 0 Å². The lowest BCUT2D eigenvalue weighted by atomic mass is 9.92. The summed E-state index contributed by atoms with van der Waals surface area (Å²) >= 11 is 0. The highest BCUT2D eigenvalue weighted by Gasteiger charge is 2.38. The molecule has 0 saturated heterocycles. The van der Waals surface area contributed by atoms with Crippen LogP contribution in [0.25, 0.3) is 0 Å². The number of nitrogens with one attached hydrogen (secondary N) is 1. The minimum atomic E-state index is -3.51. The van der Waals surface area contributed by atoms with Gasteiger partial charge < -0.3 is 10.1 Å². The van der Waals surface area contributed by atoms with Crippen molar-refractivity contribution in [3.05, 3.63) is 35.9 Å². The smallest absolute Gasteiger partial charge is 0.407 e. The zero-order valence-electron chi connectivity index (χ0n) is 10.1. The van der Waals surface area contributed by atoms with E-state index >= 15 is 0 Å². The third-order valence-electron chi connectivity index (χ3n) is 3.03. The van der Waals surface area contributed by atoms with Crippen LogP contribution in [0.2, 0.25) is 0 Å². The molecule has 7 heteroatoms. The molecule has 1 fully saturated rings. The Morgan fingerprint density at radius 2 is 1.95 bits per heavy atom. The van der Waals surface area contributed by atoms with Gasteiger partial charge in [-0.15, -0.1) is 0 Å². The van der Waals surface area contributed by atoms with E-state index in [4.69, 9.17) is 15.4 Å². The second-order valence-corrected chi connectivity index (χ2v) is 7.38. The fourth-order valence-electron chi connectivity index (χ4n) is 1.84. The molecule has 104 valence electrons. The second kappa shape index (κ2) is 5.79. The first-order valence-electron chi connectivity index (χ1n) is 5.86. The molecule has 1 aliphatic rings. The second-order valence-electron chi connectivity index (χ2n) is 4.47. The first-order chi connectivity index (χ1) is 8.95. The Morgan fingerprint density at radius 1 is 1.32 bits per heavy atom. The first-order valence-corrected chi connectivity index (χ1v) is 8.23. The van der Waals surface area contributed by atoms with E-state index in [1.165, 1.54) is 0 Å². The lowest BCUT2D eigenvalue weighted by Gasteiger charge is -2.32. The molecule has 2 rings (SSSR count). The maximum atomic E-state index is 11.5. The summed E-state index contributed by atoms with van der Waals surface area (Å²) in [4.78, 5) is 11.5. The molecule has 1 saturated carbocycles. The number of halogens is 1. The number of hydrogen-bond donors (Lipinski definition) is 1. The highest BCUT2D eigenvalue weighted by Crippen LogP contribution is 2.29. The Labute approximate surface area is 116 Å². The molecule has 1 N–H and O–H groups in total. The number of benzene rings is 1. The Hall–Kier alpha value is -1.27. The van der Waals surface area contributed by atoms with Gasteiger partial charge in [-0.25, -0.2) is 13.2 Å². The van der Waals surface area contributed by atoms with Crippen molar-refractivity contribution in [2.75, 3.05) is 0 Å². The SMILES string of the molecule is O=C(NC1CC(S(=O)(=O)Cl)C1)OCc1ccccc1. The summed E-state index contributed by atoms with van der Waals surface area (Å²) in [5, 5.41) is 2.04. The summed E-state index contributed by atoms with van der Waals surface area (Å²) in [5.74, 6) is 0. The zero-order chi connectivity index (χ0) is 13.9. The third kappa shape index (κ3) is 4.11. The van der Waals surface area contributed by atoms with Crippen LogP contribution in [-0.4, -0.2) is 25.8 Å². The molecule has 0 aliphatic heterocycles. The maximum Gasteiger partial charge on any atom is 0.407 e. The Balaban J connectivity index is 1.69. The predicted octanol–water partition coefficient (Wildman–Crippen LogP) is 2.01. The number of ether oxygens (including phenoxy) is 1. The van der Waals surface area contributed by atoms with Crippen LogP contribution in [-0.2, 0) is 20.4 Å². The van der Waals surface area contributed by atoms with Crippen molar-refractivity contribution in [1.29, 1.82) is 0 Å². The Kier molecular flexibility index (Phi) is 4.31. The van der Waals surface area contributed by atoms with E-state index in [0.29, 0.717) is 12.8 Å². The molecule has 0 heterocycles. The Bertz CT molecular complexity index is 540. The van der Waals surface area contributed by atoms with Gasteiger partial charge in [0.2, 0.25) is 9.05 Å². The average Bonchev–Trinajstić information content (AvgIpc) is 2.30. The molecule has 1 aromatic rings. The van der Waals surface area contributed by atoms with Gasteiger partial charge in [-0.1, -0.05) is 30.3 Å². The summed E-state index contributed by atoms with van der Waals surface area (Å²) < 4.78 is 27.0. The van der Waals surface area contributed by atoms with Crippen LogP contribution in [0.3, 0.4) is 0 Å². The highest BCUT2D eigenvalue weighted by atomic mass is 35.7. The summed E-state index contributed by atoms with van der Waals surface area (Å²) in [6.07, 6.45) is 0.137. The molecule has 1 aliphatic carbocycles. The van der Waals surface area contributed by atoms with Crippen molar-refractivity contribution >= 4 is 25.8 Å².